The van der Waals surface area contributed by atoms with Crippen molar-refractivity contribution < 1.29 is 13.2 Å². The van der Waals surface area contributed by atoms with Crippen LogP contribution in [0.15, 0.2) is 65.8 Å². The van der Waals surface area contributed by atoms with E-state index in [1.807, 2.05) is 18.2 Å². The van der Waals surface area contributed by atoms with E-state index in [4.69, 9.17) is 11.6 Å². The van der Waals surface area contributed by atoms with Crippen LogP contribution < -0.4 is 14.5 Å². The highest BCUT2D eigenvalue weighted by Crippen LogP contribution is 2.37. The third-order valence-electron chi connectivity index (χ3n) is 6.33. The van der Waals surface area contributed by atoms with E-state index in [0.717, 1.165) is 18.5 Å². The van der Waals surface area contributed by atoms with E-state index in [1.54, 1.807) is 48.5 Å². The lowest BCUT2D eigenvalue weighted by molar-refractivity contribution is 0.0981. The molecular weight excluding hydrogens is 498 g/mol. The second-order valence-corrected chi connectivity index (χ2v) is 11.9. The number of aromatic nitrogens is 2. The Balaban J connectivity index is 1.56. The molecule has 1 fully saturated rings. The number of anilines is 2. The number of pyridine rings is 2. The molecule has 10 heteroatoms. The van der Waals surface area contributed by atoms with Gasteiger partial charge in [-0.25, -0.2) is 14.7 Å². The van der Waals surface area contributed by atoms with Gasteiger partial charge in [-0.3, -0.25) is 4.79 Å². The number of amides is 1. The van der Waals surface area contributed by atoms with Crippen molar-refractivity contribution in [1.82, 2.24) is 14.7 Å². The lowest BCUT2D eigenvalue weighted by Gasteiger charge is -2.33. The Morgan fingerprint density at radius 1 is 1.17 bits per heavy atom. The molecule has 1 atom stereocenters. The van der Waals surface area contributed by atoms with Crippen molar-refractivity contribution in [1.29, 1.82) is 0 Å². The van der Waals surface area contributed by atoms with Crippen LogP contribution in [0, 0.1) is 5.92 Å². The smallest absolute Gasteiger partial charge is 0.281 e. The minimum atomic E-state index is -4.23. The van der Waals surface area contributed by atoms with Crippen LogP contribution in [0.1, 0.15) is 43.1 Å². The zero-order valence-electron chi connectivity index (χ0n) is 20.8. The monoisotopic (exact) mass is 527 g/mol. The van der Waals surface area contributed by atoms with Gasteiger partial charge in [-0.1, -0.05) is 42.8 Å². The van der Waals surface area contributed by atoms with Gasteiger partial charge >= 0.3 is 0 Å². The number of nitrogens with zero attached hydrogens (tertiary/aromatic N) is 4. The largest absolute Gasteiger partial charge is 0.355 e. The standard InChI is InChI=1S/C26H30ClN5O3S/c1-18-15-26(2,3)32(16-18)24-20(10-8-14-28-24)25(33)30-36(34,35)23-13-7-12-22(29-23)31(4)17-19-9-5-6-11-21(19)27/h5-14,18H,15-17H2,1-4H3,(H,30,33). The van der Waals surface area contributed by atoms with Crippen molar-refractivity contribution in [2.45, 2.75) is 44.3 Å². The van der Waals surface area contributed by atoms with Gasteiger partial charge in [-0.15, -0.1) is 0 Å². The van der Waals surface area contributed by atoms with E-state index in [1.165, 1.54) is 6.07 Å². The van der Waals surface area contributed by atoms with Crippen molar-refractivity contribution in [2.24, 2.45) is 5.92 Å². The first-order valence-electron chi connectivity index (χ1n) is 11.7. The Morgan fingerprint density at radius 3 is 2.61 bits per heavy atom. The molecule has 0 aliphatic carbocycles. The Labute approximate surface area is 217 Å². The molecule has 2 aromatic heterocycles. The maximum absolute atomic E-state index is 13.2. The van der Waals surface area contributed by atoms with Crippen LogP contribution in [-0.2, 0) is 16.6 Å². The number of carbonyl (C=O) groups excluding carboxylic acids is 1. The van der Waals surface area contributed by atoms with Gasteiger partial charge in [-0.05, 0) is 62.1 Å². The number of hydrogen-bond acceptors (Lipinski definition) is 7. The lowest BCUT2D eigenvalue weighted by atomic mass is 9.97. The average molecular weight is 528 g/mol. The molecule has 1 aliphatic heterocycles. The summed E-state index contributed by atoms with van der Waals surface area (Å²) in [6.45, 7) is 7.51. The lowest BCUT2D eigenvalue weighted by Crippen LogP contribution is -2.41. The first kappa shape index (κ1) is 25.9. The number of sulfonamides is 1. The van der Waals surface area contributed by atoms with Gasteiger partial charge < -0.3 is 9.80 Å². The molecular formula is C26H30ClN5O3S. The minimum Gasteiger partial charge on any atom is -0.355 e. The number of nitrogens with one attached hydrogen (secondary N) is 1. The van der Waals surface area contributed by atoms with Crippen LogP contribution in [0.4, 0.5) is 11.6 Å². The SMILES string of the molecule is CC1CN(c2ncccc2C(=O)NS(=O)(=O)c2cccc(N(C)Cc3ccccc3Cl)n2)C(C)(C)C1. The van der Waals surface area contributed by atoms with Gasteiger partial charge in [0.25, 0.3) is 15.9 Å². The number of benzene rings is 1. The summed E-state index contributed by atoms with van der Waals surface area (Å²) in [6.07, 6.45) is 2.56. The summed E-state index contributed by atoms with van der Waals surface area (Å²) >= 11 is 6.26. The fourth-order valence-electron chi connectivity index (χ4n) is 4.71. The highest BCUT2D eigenvalue weighted by molar-refractivity contribution is 7.90. The molecule has 0 saturated carbocycles. The van der Waals surface area contributed by atoms with Crippen molar-refractivity contribution in [3.05, 3.63) is 76.9 Å². The Bertz CT molecular complexity index is 1380. The second-order valence-electron chi connectivity index (χ2n) is 9.82. The molecule has 1 N–H and O–H groups in total. The third-order valence-corrected chi connectivity index (χ3v) is 7.93. The molecule has 1 aromatic carbocycles. The van der Waals surface area contributed by atoms with E-state index in [0.29, 0.717) is 29.1 Å². The second kappa shape index (κ2) is 10.1. The molecule has 1 amide bonds. The van der Waals surface area contributed by atoms with E-state index in [2.05, 4.69) is 40.4 Å². The van der Waals surface area contributed by atoms with E-state index < -0.39 is 15.9 Å². The van der Waals surface area contributed by atoms with Crippen LogP contribution in [0.2, 0.25) is 5.02 Å². The molecule has 1 saturated heterocycles. The summed E-state index contributed by atoms with van der Waals surface area (Å²) in [5.41, 5.74) is 0.882. The molecule has 190 valence electrons. The van der Waals surface area contributed by atoms with Crippen molar-refractivity contribution in [3.63, 3.8) is 0 Å². The molecule has 3 aromatic rings. The van der Waals surface area contributed by atoms with Gasteiger partial charge in [0.2, 0.25) is 0 Å². The van der Waals surface area contributed by atoms with Crippen LogP contribution in [0.5, 0.6) is 0 Å². The predicted octanol–water partition coefficient (Wildman–Crippen LogP) is 4.51. The number of rotatable bonds is 7. The molecule has 0 spiro atoms. The number of hydrogen-bond donors (Lipinski definition) is 1. The fraction of sp³-hybridized carbons (Fsp3) is 0.346. The van der Waals surface area contributed by atoms with Crippen molar-refractivity contribution in [2.75, 3.05) is 23.4 Å². The summed E-state index contributed by atoms with van der Waals surface area (Å²) in [6, 6.07) is 15.3. The number of carbonyl (C=O) groups is 1. The molecule has 0 radical (unpaired) electrons. The summed E-state index contributed by atoms with van der Waals surface area (Å²) in [5, 5.41) is 0.364. The normalized spacial score (nSPS) is 17.1. The first-order chi connectivity index (χ1) is 17.0. The molecule has 4 rings (SSSR count). The summed E-state index contributed by atoms with van der Waals surface area (Å²) < 4.78 is 28.5. The van der Waals surface area contributed by atoms with Crippen LogP contribution >= 0.6 is 11.6 Å². The first-order valence-corrected chi connectivity index (χ1v) is 13.6. The maximum Gasteiger partial charge on any atom is 0.281 e. The van der Waals surface area contributed by atoms with Crippen molar-refractivity contribution in [3.8, 4) is 0 Å². The van der Waals surface area contributed by atoms with Gasteiger partial charge in [0.1, 0.15) is 11.6 Å². The topological polar surface area (TPSA) is 95.5 Å². The van der Waals surface area contributed by atoms with Gasteiger partial charge in [0, 0.05) is 36.9 Å². The maximum atomic E-state index is 13.2. The van der Waals surface area contributed by atoms with E-state index >= 15 is 0 Å². The van der Waals surface area contributed by atoms with Gasteiger partial charge in [-0.2, -0.15) is 8.42 Å². The molecule has 1 unspecified atom stereocenters. The summed E-state index contributed by atoms with van der Waals surface area (Å²) in [5.74, 6) is 0.585. The third kappa shape index (κ3) is 5.47. The number of halogens is 1. The molecule has 36 heavy (non-hydrogen) atoms. The van der Waals surface area contributed by atoms with Crippen LogP contribution in [0.3, 0.4) is 0 Å². The van der Waals surface area contributed by atoms with Crippen LogP contribution in [0.25, 0.3) is 0 Å². The quantitative estimate of drug-likeness (QED) is 0.483. The molecule has 0 bridgehead atoms. The highest BCUT2D eigenvalue weighted by Gasteiger charge is 2.39. The summed E-state index contributed by atoms with van der Waals surface area (Å²) in [7, 11) is -2.44. The van der Waals surface area contributed by atoms with E-state index in [9.17, 15) is 13.2 Å². The van der Waals surface area contributed by atoms with Crippen LogP contribution in [-0.4, -0.2) is 43.4 Å². The zero-order valence-corrected chi connectivity index (χ0v) is 22.3. The molecule has 1 aliphatic rings. The fourth-order valence-corrected chi connectivity index (χ4v) is 5.83. The zero-order chi connectivity index (χ0) is 26.1. The Morgan fingerprint density at radius 2 is 1.92 bits per heavy atom. The van der Waals surface area contributed by atoms with E-state index in [-0.39, 0.29) is 16.1 Å². The molecule has 8 nitrogen and oxygen atoms in total. The average Bonchev–Trinajstić information content (AvgIpc) is 3.11. The predicted molar refractivity (Wildman–Crippen MR) is 142 cm³/mol. The summed E-state index contributed by atoms with van der Waals surface area (Å²) in [4.78, 5) is 25.8. The highest BCUT2D eigenvalue weighted by atomic mass is 35.5. The Hall–Kier alpha value is -3.17. The van der Waals surface area contributed by atoms with Crippen molar-refractivity contribution >= 4 is 39.2 Å². The Kier molecular flexibility index (Phi) is 7.24. The van der Waals surface area contributed by atoms with Gasteiger partial charge in [0.05, 0.1) is 5.56 Å². The molecule has 3 heterocycles. The van der Waals surface area contributed by atoms with Gasteiger partial charge in [0.15, 0.2) is 5.03 Å². The minimum absolute atomic E-state index is 0.204.